The summed E-state index contributed by atoms with van der Waals surface area (Å²) in [6, 6.07) is 12.1. The highest BCUT2D eigenvalue weighted by molar-refractivity contribution is 7.89. The summed E-state index contributed by atoms with van der Waals surface area (Å²) in [7, 11) is -3.66. The molecule has 0 radical (unpaired) electrons. The van der Waals surface area contributed by atoms with Crippen molar-refractivity contribution in [1.29, 1.82) is 0 Å². The number of amides is 2. The van der Waals surface area contributed by atoms with Gasteiger partial charge in [0, 0.05) is 49.7 Å². The number of fused-ring (bicyclic) bond motifs is 2. The van der Waals surface area contributed by atoms with Crippen molar-refractivity contribution in [2.45, 2.75) is 49.7 Å². The van der Waals surface area contributed by atoms with Crippen LogP contribution in [-0.4, -0.2) is 78.9 Å². The summed E-state index contributed by atoms with van der Waals surface area (Å²) in [6.07, 6.45) is 2.74. The summed E-state index contributed by atoms with van der Waals surface area (Å²) in [4.78, 5) is 31.9. The summed E-state index contributed by atoms with van der Waals surface area (Å²) in [5.74, 6) is -0.651. The molecule has 3 heterocycles. The molecule has 208 valence electrons. The van der Waals surface area contributed by atoms with Crippen molar-refractivity contribution < 1.29 is 22.7 Å². The van der Waals surface area contributed by atoms with Crippen molar-refractivity contribution in [3.63, 3.8) is 0 Å². The molecule has 1 saturated heterocycles. The molecule has 0 aliphatic carbocycles. The first kappa shape index (κ1) is 27.3. The molecule has 1 atom stereocenters. The third kappa shape index (κ3) is 5.72. The molecule has 11 heteroatoms. The molecule has 0 saturated carbocycles. The number of nitrogens with zero attached hydrogens (tertiary/aromatic N) is 2. The molecule has 0 spiro atoms. The number of aromatic amines is 1. The van der Waals surface area contributed by atoms with E-state index in [0.29, 0.717) is 45.7 Å². The number of benzene rings is 2. The van der Waals surface area contributed by atoms with Gasteiger partial charge in [0.1, 0.15) is 6.04 Å². The number of hydrogen-bond acceptors (Lipinski definition) is 6. The highest BCUT2D eigenvalue weighted by atomic mass is 32.2. The largest absolute Gasteiger partial charge is 0.379 e. The minimum Gasteiger partial charge on any atom is -0.379 e. The molecule has 1 unspecified atom stereocenters. The lowest BCUT2D eigenvalue weighted by atomic mass is 9.97. The lowest BCUT2D eigenvalue weighted by Crippen LogP contribution is -2.57. The Morgan fingerprint density at radius 2 is 1.85 bits per heavy atom. The van der Waals surface area contributed by atoms with Crippen LogP contribution in [0.4, 0.5) is 0 Å². The Balaban J connectivity index is 1.39. The standard InChI is InChI=1S/C28H35N5O5S/c1-28(2,29)27(35)31-25(16-20-17-30-24-6-4-3-5-23(20)24)26(34)32-10-9-19-7-8-22(15-21(19)18-32)39(36,37)33-11-13-38-14-12-33/h3-8,15,17,25,30H,9-14,16,18,29H2,1-2H3,(H,31,35). The minimum absolute atomic E-state index is 0.214. The maximum Gasteiger partial charge on any atom is 0.245 e. The molecule has 5 rings (SSSR count). The maximum atomic E-state index is 13.9. The predicted molar refractivity (Wildman–Crippen MR) is 147 cm³/mol. The van der Waals surface area contributed by atoms with Crippen LogP contribution < -0.4 is 11.1 Å². The zero-order valence-electron chi connectivity index (χ0n) is 22.3. The molecule has 2 aliphatic heterocycles. The maximum absolute atomic E-state index is 13.9. The Hall–Kier alpha value is -3.25. The summed E-state index contributed by atoms with van der Waals surface area (Å²) in [6.45, 7) is 5.30. The Morgan fingerprint density at radius 1 is 1.10 bits per heavy atom. The average Bonchev–Trinajstić information content (AvgIpc) is 3.34. The van der Waals surface area contributed by atoms with Crippen LogP contribution in [0.5, 0.6) is 0 Å². The fraction of sp³-hybridized carbons (Fsp3) is 0.429. The average molecular weight is 554 g/mol. The topological polar surface area (TPSA) is 138 Å². The third-order valence-corrected chi connectivity index (χ3v) is 9.29. The Morgan fingerprint density at radius 3 is 2.59 bits per heavy atom. The van der Waals surface area contributed by atoms with Gasteiger partial charge in [0.25, 0.3) is 0 Å². The van der Waals surface area contributed by atoms with Gasteiger partial charge in [-0.25, -0.2) is 8.42 Å². The molecule has 2 aliphatic rings. The number of rotatable bonds is 7. The van der Waals surface area contributed by atoms with Gasteiger partial charge in [-0.05, 0) is 55.2 Å². The van der Waals surface area contributed by atoms with Crippen molar-refractivity contribution in [3.8, 4) is 0 Å². The number of sulfonamides is 1. The third-order valence-electron chi connectivity index (χ3n) is 7.40. The molecular formula is C28H35N5O5S. The first-order valence-corrected chi connectivity index (χ1v) is 14.6. The number of nitrogens with one attached hydrogen (secondary N) is 2. The van der Waals surface area contributed by atoms with Crippen LogP contribution in [0.3, 0.4) is 0 Å². The number of aromatic nitrogens is 1. The quantitative estimate of drug-likeness (QED) is 0.406. The number of morpholine rings is 1. The number of H-pyrrole nitrogens is 1. The summed E-state index contributed by atoms with van der Waals surface area (Å²) in [5.41, 5.74) is 8.55. The van der Waals surface area contributed by atoms with Crippen LogP contribution >= 0.6 is 0 Å². The van der Waals surface area contributed by atoms with E-state index in [1.54, 1.807) is 30.9 Å². The van der Waals surface area contributed by atoms with Gasteiger partial charge >= 0.3 is 0 Å². The Bertz CT molecular complexity index is 1490. The van der Waals surface area contributed by atoms with E-state index in [4.69, 9.17) is 10.5 Å². The highest BCUT2D eigenvalue weighted by Crippen LogP contribution is 2.26. The number of hydrogen-bond donors (Lipinski definition) is 3. The van der Waals surface area contributed by atoms with Gasteiger partial charge in [0.05, 0.1) is 23.6 Å². The van der Waals surface area contributed by atoms with Crippen molar-refractivity contribution in [2.24, 2.45) is 5.73 Å². The number of carbonyl (C=O) groups excluding carboxylic acids is 2. The van der Waals surface area contributed by atoms with E-state index in [0.717, 1.165) is 27.6 Å². The first-order valence-electron chi connectivity index (χ1n) is 13.2. The number of para-hydroxylation sites is 1. The second-order valence-electron chi connectivity index (χ2n) is 10.8. The molecule has 10 nitrogen and oxygen atoms in total. The van der Waals surface area contributed by atoms with Crippen LogP contribution in [0.2, 0.25) is 0 Å². The van der Waals surface area contributed by atoms with Gasteiger partial charge in [-0.2, -0.15) is 4.31 Å². The second-order valence-corrected chi connectivity index (χ2v) is 12.7. The summed E-state index contributed by atoms with van der Waals surface area (Å²) >= 11 is 0. The fourth-order valence-electron chi connectivity index (χ4n) is 5.10. The van der Waals surface area contributed by atoms with Crippen molar-refractivity contribution >= 4 is 32.7 Å². The van der Waals surface area contributed by atoms with E-state index in [9.17, 15) is 18.0 Å². The Labute approximate surface area is 228 Å². The highest BCUT2D eigenvalue weighted by Gasteiger charge is 2.33. The van der Waals surface area contributed by atoms with Crippen molar-refractivity contribution in [3.05, 3.63) is 65.4 Å². The van der Waals surface area contributed by atoms with Gasteiger partial charge in [-0.1, -0.05) is 24.3 Å². The lowest BCUT2D eigenvalue weighted by molar-refractivity contribution is -0.138. The summed E-state index contributed by atoms with van der Waals surface area (Å²) < 4.78 is 33.2. The Kier molecular flexibility index (Phi) is 7.51. The first-order chi connectivity index (χ1) is 18.5. The van der Waals surface area contributed by atoms with Gasteiger partial charge in [-0.15, -0.1) is 0 Å². The van der Waals surface area contributed by atoms with Crippen LogP contribution in [0.15, 0.2) is 53.6 Å². The predicted octanol–water partition coefficient (Wildman–Crippen LogP) is 1.54. The molecule has 0 bridgehead atoms. The van der Waals surface area contributed by atoms with E-state index in [-0.39, 0.29) is 17.3 Å². The smallest absolute Gasteiger partial charge is 0.245 e. The van der Waals surface area contributed by atoms with Gasteiger partial charge in [-0.3, -0.25) is 9.59 Å². The van der Waals surface area contributed by atoms with Gasteiger partial charge in [0.15, 0.2) is 0 Å². The van der Waals surface area contributed by atoms with E-state index in [2.05, 4.69) is 10.3 Å². The molecule has 2 aromatic carbocycles. The van der Waals surface area contributed by atoms with Gasteiger partial charge in [0.2, 0.25) is 21.8 Å². The van der Waals surface area contributed by atoms with Crippen LogP contribution in [0.1, 0.15) is 30.5 Å². The lowest BCUT2D eigenvalue weighted by Gasteiger charge is -2.33. The fourth-order valence-corrected chi connectivity index (χ4v) is 6.56. The van der Waals surface area contributed by atoms with Gasteiger partial charge < -0.3 is 25.7 Å². The molecule has 39 heavy (non-hydrogen) atoms. The zero-order chi connectivity index (χ0) is 27.8. The van der Waals surface area contributed by atoms with Crippen LogP contribution in [0, 0.1) is 0 Å². The van der Waals surface area contributed by atoms with E-state index in [1.807, 2.05) is 36.5 Å². The molecule has 2 amide bonds. The summed E-state index contributed by atoms with van der Waals surface area (Å²) in [5, 5.41) is 3.86. The number of nitrogens with two attached hydrogens (primary N) is 1. The van der Waals surface area contributed by atoms with Crippen molar-refractivity contribution in [1.82, 2.24) is 19.5 Å². The monoisotopic (exact) mass is 553 g/mol. The number of ether oxygens (including phenoxy) is 1. The molecule has 3 aromatic rings. The molecule has 1 aromatic heterocycles. The van der Waals surface area contributed by atoms with Crippen molar-refractivity contribution in [2.75, 3.05) is 32.8 Å². The van der Waals surface area contributed by atoms with E-state index < -0.39 is 27.5 Å². The minimum atomic E-state index is -3.66. The SMILES string of the molecule is CC(C)(N)C(=O)NC(Cc1c[nH]c2ccccc12)C(=O)N1CCc2ccc(S(=O)(=O)N3CCOCC3)cc2C1. The molecular weight excluding hydrogens is 518 g/mol. The molecule has 1 fully saturated rings. The zero-order valence-corrected chi connectivity index (χ0v) is 23.1. The van der Waals surface area contributed by atoms with E-state index >= 15 is 0 Å². The number of carbonyl (C=O) groups is 2. The van der Waals surface area contributed by atoms with Crippen LogP contribution in [-0.2, 0) is 43.7 Å². The van der Waals surface area contributed by atoms with Crippen LogP contribution in [0.25, 0.3) is 10.9 Å². The molecule has 4 N–H and O–H groups in total. The second kappa shape index (κ2) is 10.7. The van der Waals surface area contributed by atoms with E-state index in [1.165, 1.54) is 4.31 Å². The normalized spacial score (nSPS) is 17.6.